The number of benzene rings is 1. The number of hydrogen-bond acceptors (Lipinski definition) is 3. The Morgan fingerprint density at radius 1 is 1.20 bits per heavy atom. The van der Waals surface area contributed by atoms with E-state index in [1.165, 1.54) is 11.1 Å². The van der Waals surface area contributed by atoms with Gasteiger partial charge in [0.25, 0.3) is 11.8 Å². The third kappa shape index (κ3) is 3.28. The smallest absolute Gasteiger partial charge is 0.267 e. The van der Waals surface area contributed by atoms with Crippen LogP contribution in [0.25, 0.3) is 0 Å². The maximum atomic E-state index is 12.6. The van der Waals surface area contributed by atoms with Crippen molar-refractivity contribution >= 4 is 23.4 Å². The van der Waals surface area contributed by atoms with E-state index in [2.05, 4.69) is 9.98 Å². The molecular formula is C17H12F3N3O2. The van der Waals surface area contributed by atoms with Gasteiger partial charge in [0.05, 0.1) is 11.6 Å². The first-order chi connectivity index (χ1) is 11.8. The Labute approximate surface area is 140 Å². The summed E-state index contributed by atoms with van der Waals surface area (Å²) in [5.74, 6) is -0.835. The molecule has 25 heavy (non-hydrogen) atoms. The van der Waals surface area contributed by atoms with Crippen LogP contribution in [0.15, 0.2) is 58.7 Å². The normalized spacial score (nSPS) is 21.4. The minimum atomic E-state index is -4.49. The van der Waals surface area contributed by atoms with E-state index in [-0.39, 0.29) is 11.3 Å². The van der Waals surface area contributed by atoms with Crippen LogP contribution in [0.3, 0.4) is 0 Å². The van der Waals surface area contributed by atoms with Gasteiger partial charge in [0.1, 0.15) is 11.5 Å². The first-order valence-corrected chi connectivity index (χ1v) is 7.34. The Hall–Kier alpha value is -3.03. The molecule has 2 amide bonds. The molecule has 2 aliphatic heterocycles. The van der Waals surface area contributed by atoms with Gasteiger partial charge in [-0.2, -0.15) is 13.2 Å². The van der Waals surface area contributed by atoms with Gasteiger partial charge < -0.3 is 0 Å². The highest BCUT2D eigenvalue weighted by atomic mass is 19.4. The number of carbonyl (C=O) groups is 2. The molecule has 8 heteroatoms. The lowest BCUT2D eigenvalue weighted by molar-refractivity contribution is -0.137. The average Bonchev–Trinajstić information content (AvgIpc) is 2.58. The molecule has 2 aliphatic rings. The number of rotatable bonds is 1. The molecule has 0 bridgehead atoms. The number of allylic oxidation sites excluding steroid dienone is 2. The van der Waals surface area contributed by atoms with Crippen LogP contribution in [-0.2, 0) is 11.0 Å². The van der Waals surface area contributed by atoms with Crippen molar-refractivity contribution in [2.75, 3.05) is 0 Å². The van der Waals surface area contributed by atoms with Gasteiger partial charge in [-0.3, -0.25) is 19.5 Å². The molecule has 0 N–H and O–H groups in total. The van der Waals surface area contributed by atoms with Crippen molar-refractivity contribution in [2.24, 2.45) is 9.98 Å². The number of nitrogens with zero attached hydrogens (tertiary/aromatic N) is 3. The molecule has 0 fully saturated rings. The number of alkyl halides is 3. The predicted octanol–water partition coefficient (Wildman–Crippen LogP) is 3.00. The van der Waals surface area contributed by atoms with Gasteiger partial charge in [-0.05, 0) is 43.3 Å². The van der Waals surface area contributed by atoms with Crippen molar-refractivity contribution < 1.29 is 22.8 Å². The average molecular weight is 347 g/mol. The fourth-order valence-corrected chi connectivity index (χ4v) is 2.39. The van der Waals surface area contributed by atoms with Crippen molar-refractivity contribution in [2.45, 2.75) is 19.1 Å². The molecule has 0 spiro atoms. The molecule has 1 aromatic carbocycles. The number of aliphatic imine (C=N–C) groups is 2. The third-order valence-electron chi connectivity index (χ3n) is 3.68. The standard InChI is InChI=1S/C17H12F3N3O2/c1-10-14(16(25)23-9-3-2-4-13(23)21-10)22-15(24)11-5-7-12(8-6-11)17(18,19)20/h2-10H,1H3. The van der Waals surface area contributed by atoms with E-state index in [4.69, 9.17) is 0 Å². The number of carbonyl (C=O) groups excluding carboxylic acids is 2. The van der Waals surface area contributed by atoms with Gasteiger partial charge in [0.15, 0.2) is 0 Å². The lowest BCUT2D eigenvalue weighted by Crippen LogP contribution is -2.46. The van der Waals surface area contributed by atoms with Crippen molar-refractivity contribution in [3.05, 3.63) is 59.8 Å². The fourth-order valence-electron chi connectivity index (χ4n) is 2.39. The zero-order valence-corrected chi connectivity index (χ0v) is 13.0. The van der Waals surface area contributed by atoms with Crippen LogP contribution in [0.5, 0.6) is 0 Å². The quantitative estimate of drug-likeness (QED) is 0.784. The minimum Gasteiger partial charge on any atom is -0.267 e. The van der Waals surface area contributed by atoms with Crippen molar-refractivity contribution in [1.82, 2.24) is 4.90 Å². The fraction of sp³-hybridized carbons (Fsp3) is 0.176. The van der Waals surface area contributed by atoms with Crippen LogP contribution in [0.1, 0.15) is 22.8 Å². The summed E-state index contributed by atoms with van der Waals surface area (Å²) < 4.78 is 37.7. The Kier molecular flexibility index (Phi) is 4.12. The molecule has 3 rings (SSSR count). The van der Waals surface area contributed by atoms with E-state index in [1.54, 1.807) is 25.2 Å². The molecule has 0 aliphatic carbocycles. The van der Waals surface area contributed by atoms with Crippen LogP contribution in [0.4, 0.5) is 13.2 Å². The maximum absolute atomic E-state index is 12.6. The van der Waals surface area contributed by atoms with E-state index < -0.39 is 29.6 Å². The van der Waals surface area contributed by atoms with E-state index in [9.17, 15) is 22.8 Å². The van der Waals surface area contributed by atoms with Crippen molar-refractivity contribution in [3.8, 4) is 0 Å². The van der Waals surface area contributed by atoms with Gasteiger partial charge in [-0.25, -0.2) is 4.99 Å². The van der Waals surface area contributed by atoms with Crippen molar-refractivity contribution in [3.63, 3.8) is 0 Å². The second kappa shape index (κ2) is 6.12. The number of halogens is 3. The summed E-state index contributed by atoms with van der Waals surface area (Å²) in [5.41, 5.74) is -0.962. The van der Waals surface area contributed by atoms with E-state index in [0.29, 0.717) is 5.84 Å². The molecule has 128 valence electrons. The molecule has 0 aromatic heterocycles. The molecule has 5 nitrogen and oxygen atoms in total. The first-order valence-electron chi connectivity index (χ1n) is 7.34. The summed E-state index contributed by atoms with van der Waals surface area (Å²) in [6.07, 6.45) is 2.04. The molecule has 1 atom stereocenters. The molecule has 0 radical (unpaired) electrons. The monoisotopic (exact) mass is 347 g/mol. The van der Waals surface area contributed by atoms with Gasteiger partial charge in [-0.15, -0.1) is 0 Å². The summed E-state index contributed by atoms with van der Waals surface area (Å²) >= 11 is 0. The Balaban J connectivity index is 1.88. The number of amides is 2. The van der Waals surface area contributed by atoms with Gasteiger partial charge in [0.2, 0.25) is 0 Å². The maximum Gasteiger partial charge on any atom is 0.416 e. The predicted molar refractivity (Wildman–Crippen MR) is 85.2 cm³/mol. The summed E-state index contributed by atoms with van der Waals surface area (Å²) in [5, 5.41) is 0. The second-order valence-corrected chi connectivity index (χ2v) is 5.42. The second-order valence-electron chi connectivity index (χ2n) is 5.42. The van der Waals surface area contributed by atoms with E-state index in [1.807, 2.05) is 0 Å². The van der Waals surface area contributed by atoms with Crippen LogP contribution in [0, 0.1) is 0 Å². The van der Waals surface area contributed by atoms with E-state index in [0.717, 1.165) is 24.3 Å². The van der Waals surface area contributed by atoms with Crippen LogP contribution in [0.2, 0.25) is 0 Å². The zero-order chi connectivity index (χ0) is 18.2. The first kappa shape index (κ1) is 16.8. The Bertz CT molecular complexity index is 849. The third-order valence-corrected chi connectivity index (χ3v) is 3.68. The highest BCUT2D eigenvalue weighted by Crippen LogP contribution is 2.29. The van der Waals surface area contributed by atoms with Gasteiger partial charge >= 0.3 is 6.18 Å². The number of hydrogen-bond donors (Lipinski definition) is 0. The molecule has 2 heterocycles. The van der Waals surface area contributed by atoms with Crippen LogP contribution < -0.4 is 0 Å². The van der Waals surface area contributed by atoms with Crippen molar-refractivity contribution in [1.29, 1.82) is 0 Å². The lowest BCUT2D eigenvalue weighted by atomic mass is 10.1. The molecule has 1 unspecified atom stereocenters. The van der Waals surface area contributed by atoms with E-state index >= 15 is 0 Å². The summed E-state index contributed by atoms with van der Waals surface area (Å²) in [7, 11) is 0. The zero-order valence-electron chi connectivity index (χ0n) is 13.0. The lowest BCUT2D eigenvalue weighted by Gasteiger charge is -2.27. The number of amidine groups is 1. The van der Waals surface area contributed by atoms with Gasteiger partial charge in [0, 0.05) is 11.8 Å². The van der Waals surface area contributed by atoms with Crippen LogP contribution >= 0.6 is 0 Å². The molecule has 1 aromatic rings. The van der Waals surface area contributed by atoms with Gasteiger partial charge in [-0.1, -0.05) is 6.08 Å². The Morgan fingerprint density at radius 2 is 1.88 bits per heavy atom. The molecule has 0 saturated carbocycles. The number of fused-ring (bicyclic) bond motifs is 1. The topological polar surface area (TPSA) is 62.1 Å². The summed E-state index contributed by atoms with van der Waals surface area (Å²) in [4.78, 5) is 34.0. The minimum absolute atomic E-state index is 0.0376. The highest BCUT2D eigenvalue weighted by molar-refractivity contribution is 6.47. The molecular weight excluding hydrogens is 335 g/mol. The summed E-state index contributed by atoms with van der Waals surface area (Å²) in [6.45, 7) is 1.62. The highest BCUT2D eigenvalue weighted by Gasteiger charge is 2.33. The largest absolute Gasteiger partial charge is 0.416 e. The SMILES string of the molecule is CC1N=C2C=CC=CN2C(=O)C1=NC(=O)c1ccc(C(F)(F)F)cc1. The molecule has 0 saturated heterocycles. The summed E-state index contributed by atoms with van der Waals surface area (Å²) in [6, 6.07) is 3.03. The van der Waals surface area contributed by atoms with Crippen LogP contribution in [-0.4, -0.2) is 34.3 Å². The Morgan fingerprint density at radius 3 is 2.52 bits per heavy atom.